The molecule has 33 heavy (non-hydrogen) atoms. The van der Waals surface area contributed by atoms with Crippen molar-refractivity contribution in [2.45, 2.75) is 13.1 Å². The van der Waals surface area contributed by atoms with E-state index in [1.165, 1.54) is 26.1 Å². The Labute approximate surface area is 191 Å². The van der Waals surface area contributed by atoms with Crippen molar-refractivity contribution in [2.75, 3.05) is 18.9 Å². The molecule has 0 unspecified atom stereocenters. The zero-order valence-electron chi connectivity index (χ0n) is 17.5. The quantitative estimate of drug-likeness (QED) is 0.602. The Balaban J connectivity index is 1.86. The molecule has 2 amide bonds. The Morgan fingerprint density at radius 2 is 1.82 bits per heavy atom. The van der Waals surface area contributed by atoms with Crippen LogP contribution in [-0.2, 0) is 11.0 Å². The van der Waals surface area contributed by atoms with Crippen molar-refractivity contribution in [3.05, 3.63) is 86.8 Å². The first-order chi connectivity index (χ1) is 15.5. The molecule has 0 radical (unpaired) electrons. The fraction of sp³-hybridized carbons (Fsp3) is 0.182. The Kier molecular flexibility index (Phi) is 6.87. The van der Waals surface area contributed by atoms with E-state index in [0.717, 1.165) is 27.8 Å². The minimum Gasteiger partial charge on any atom is -0.331 e. The molecule has 1 N–H and O–H groups in total. The van der Waals surface area contributed by atoms with E-state index in [0.29, 0.717) is 10.7 Å². The molecular formula is C22H18ClF3N4O3. The van der Waals surface area contributed by atoms with Crippen LogP contribution in [0.3, 0.4) is 0 Å². The number of amides is 2. The van der Waals surface area contributed by atoms with Gasteiger partial charge in [0.2, 0.25) is 11.3 Å². The molecule has 1 heterocycles. The minimum atomic E-state index is -4.57. The van der Waals surface area contributed by atoms with Gasteiger partial charge in [0.1, 0.15) is 0 Å². The lowest BCUT2D eigenvalue weighted by atomic mass is 10.2. The predicted molar refractivity (Wildman–Crippen MR) is 117 cm³/mol. The van der Waals surface area contributed by atoms with Crippen LogP contribution in [-0.4, -0.2) is 40.1 Å². The summed E-state index contributed by atoms with van der Waals surface area (Å²) in [5.41, 5.74) is -1.55. The first-order valence-electron chi connectivity index (χ1n) is 9.56. The van der Waals surface area contributed by atoms with Crippen LogP contribution in [0.4, 0.5) is 18.9 Å². The molecule has 0 saturated heterocycles. The molecule has 0 saturated carbocycles. The van der Waals surface area contributed by atoms with Gasteiger partial charge in [-0.15, -0.1) is 0 Å². The lowest BCUT2D eigenvalue weighted by Crippen LogP contribution is -2.38. The van der Waals surface area contributed by atoms with Gasteiger partial charge in [0.05, 0.1) is 28.5 Å². The summed E-state index contributed by atoms with van der Waals surface area (Å²) in [5.74, 6) is -1.43. The van der Waals surface area contributed by atoms with E-state index in [1.807, 2.05) is 0 Å². The minimum absolute atomic E-state index is 0.0236. The van der Waals surface area contributed by atoms with Crippen LogP contribution in [0.15, 0.2) is 59.4 Å². The number of aryl methyl sites for hydroxylation is 1. The van der Waals surface area contributed by atoms with Gasteiger partial charge in [0.15, 0.2) is 5.69 Å². The smallest absolute Gasteiger partial charge is 0.331 e. The SMILES string of the molecule is Cc1cc(=O)c(C(=O)N(C)CC(=O)Nc2ccccc2Cl)nn1-c1cccc(C(F)(F)F)c1. The fourth-order valence-corrected chi connectivity index (χ4v) is 3.17. The van der Waals surface area contributed by atoms with Crippen molar-refractivity contribution in [3.8, 4) is 5.69 Å². The van der Waals surface area contributed by atoms with E-state index < -0.39 is 41.2 Å². The van der Waals surface area contributed by atoms with Crippen molar-refractivity contribution < 1.29 is 22.8 Å². The number of likely N-dealkylation sites (N-methyl/N-ethyl adjacent to an activating group) is 1. The largest absolute Gasteiger partial charge is 0.416 e. The molecule has 11 heteroatoms. The Bertz CT molecular complexity index is 1270. The molecule has 0 fully saturated rings. The number of rotatable bonds is 5. The van der Waals surface area contributed by atoms with Gasteiger partial charge in [-0.25, -0.2) is 4.68 Å². The average molecular weight is 479 g/mol. The zero-order valence-corrected chi connectivity index (χ0v) is 18.2. The molecule has 0 spiro atoms. The molecular weight excluding hydrogens is 461 g/mol. The predicted octanol–water partition coefficient (Wildman–Crippen LogP) is 3.92. The van der Waals surface area contributed by atoms with Crippen LogP contribution < -0.4 is 10.7 Å². The van der Waals surface area contributed by atoms with Crippen molar-refractivity contribution in [3.63, 3.8) is 0 Å². The van der Waals surface area contributed by atoms with Crippen LogP contribution in [0.5, 0.6) is 0 Å². The topological polar surface area (TPSA) is 84.3 Å². The number of nitrogens with zero attached hydrogens (tertiary/aromatic N) is 3. The summed E-state index contributed by atoms with van der Waals surface area (Å²) in [4.78, 5) is 38.5. The van der Waals surface area contributed by atoms with Crippen LogP contribution in [0.2, 0.25) is 5.02 Å². The summed E-state index contributed by atoms with van der Waals surface area (Å²) >= 11 is 5.99. The molecule has 2 aromatic carbocycles. The Morgan fingerprint density at radius 1 is 1.12 bits per heavy atom. The monoisotopic (exact) mass is 478 g/mol. The second-order valence-electron chi connectivity index (χ2n) is 7.15. The number of hydrogen-bond acceptors (Lipinski definition) is 4. The van der Waals surface area contributed by atoms with Gasteiger partial charge in [-0.3, -0.25) is 14.4 Å². The van der Waals surface area contributed by atoms with Gasteiger partial charge < -0.3 is 10.2 Å². The summed E-state index contributed by atoms with van der Waals surface area (Å²) in [6.07, 6.45) is -4.57. The molecule has 0 aliphatic carbocycles. The molecule has 3 rings (SSSR count). The van der Waals surface area contributed by atoms with Gasteiger partial charge >= 0.3 is 6.18 Å². The normalized spacial score (nSPS) is 11.2. The molecule has 172 valence electrons. The highest BCUT2D eigenvalue weighted by molar-refractivity contribution is 6.33. The van der Waals surface area contributed by atoms with Crippen LogP contribution >= 0.6 is 11.6 Å². The van der Waals surface area contributed by atoms with Crippen LogP contribution in [0.25, 0.3) is 5.69 Å². The number of benzene rings is 2. The summed E-state index contributed by atoms with van der Waals surface area (Å²) in [7, 11) is 1.30. The molecule has 3 aromatic rings. The Hall–Kier alpha value is -3.66. The van der Waals surface area contributed by atoms with Gasteiger partial charge in [-0.05, 0) is 37.3 Å². The summed E-state index contributed by atoms with van der Waals surface area (Å²) in [5, 5.41) is 6.85. The molecule has 0 aliphatic rings. The highest BCUT2D eigenvalue weighted by atomic mass is 35.5. The number of para-hydroxylation sites is 1. The number of alkyl halides is 3. The first-order valence-corrected chi connectivity index (χ1v) is 9.93. The van der Waals surface area contributed by atoms with Crippen molar-refractivity contribution >= 4 is 29.1 Å². The number of halogens is 4. The van der Waals surface area contributed by atoms with Crippen molar-refractivity contribution in [1.29, 1.82) is 0 Å². The van der Waals surface area contributed by atoms with Gasteiger partial charge in [0, 0.05) is 18.8 Å². The van der Waals surface area contributed by atoms with E-state index in [-0.39, 0.29) is 11.4 Å². The number of carbonyl (C=O) groups excluding carboxylic acids is 2. The van der Waals surface area contributed by atoms with Crippen molar-refractivity contribution in [1.82, 2.24) is 14.7 Å². The molecule has 0 bridgehead atoms. The third-order valence-corrected chi connectivity index (χ3v) is 4.93. The maximum Gasteiger partial charge on any atom is 0.416 e. The zero-order chi connectivity index (χ0) is 24.3. The highest BCUT2D eigenvalue weighted by Gasteiger charge is 2.31. The second-order valence-corrected chi connectivity index (χ2v) is 7.55. The van der Waals surface area contributed by atoms with E-state index in [1.54, 1.807) is 24.3 Å². The maximum absolute atomic E-state index is 13.1. The first kappa shape index (κ1) is 24.0. The van der Waals surface area contributed by atoms with E-state index in [2.05, 4.69) is 10.4 Å². The number of hydrogen-bond donors (Lipinski definition) is 1. The molecule has 1 aromatic heterocycles. The summed E-state index contributed by atoms with van der Waals surface area (Å²) in [6.45, 7) is 1.06. The fourth-order valence-electron chi connectivity index (χ4n) is 2.99. The second kappa shape index (κ2) is 9.45. The lowest BCUT2D eigenvalue weighted by Gasteiger charge is -2.18. The van der Waals surface area contributed by atoms with Crippen molar-refractivity contribution in [2.24, 2.45) is 0 Å². The van der Waals surface area contributed by atoms with E-state index in [9.17, 15) is 27.6 Å². The van der Waals surface area contributed by atoms with Crippen LogP contribution in [0, 0.1) is 6.92 Å². The van der Waals surface area contributed by atoms with Gasteiger partial charge in [-0.1, -0.05) is 29.8 Å². The average Bonchev–Trinajstić information content (AvgIpc) is 2.74. The third-order valence-electron chi connectivity index (χ3n) is 4.60. The van der Waals surface area contributed by atoms with E-state index >= 15 is 0 Å². The number of anilines is 1. The van der Waals surface area contributed by atoms with Gasteiger partial charge in [0.25, 0.3) is 5.91 Å². The third kappa shape index (κ3) is 5.58. The number of nitrogens with one attached hydrogen (secondary N) is 1. The van der Waals surface area contributed by atoms with E-state index in [4.69, 9.17) is 11.6 Å². The highest BCUT2D eigenvalue weighted by Crippen LogP contribution is 2.30. The number of aromatic nitrogens is 2. The van der Waals surface area contributed by atoms with Gasteiger partial charge in [-0.2, -0.15) is 18.3 Å². The summed E-state index contributed by atoms with van der Waals surface area (Å²) in [6, 6.07) is 11.9. The molecule has 0 aliphatic heterocycles. The van der Waals surface area contributed by atoms with Crippen LogP contribution in [0.1, 0.15) is 21.7 Å². The standard InChI is InChI=1S/C22H18ClF3N4O3/c1-13-10-18(31)20(28-30(13)15-7-5-6-14(11-15)22(24,25)26)21(33)29(2)12-19(32)27-17-9-4-3-8-16(17)23/h3-11H,12H2,1-2H3,(H,27,32). The lowest BCUT2D eigenvalue weighted by molar-refractivity contribution is -0.137. The maximum atomic E-state index is 13.1. The number of carbonyl (C=O) groups is 2. The molecule has 0 atom stereocenters. The Morgan fingerprint density at radius 3 is 2.48 bits per heavy atom. The summed E-state index contributed by atoms with van der Waals surface area (Å²) < 4.78 is 40.3. The molecule has 7 nitrogen and oxygen atoms in total.